The Kier molecular flexibility index (Phi) is 4.48. The second-order valence-electron chi connectivity index (χ2n) is 3.24. The van der Waals surface area contributed by atoms with Gasteiger partial charge in [-0.25, -0.2) is 9.18 Å². The van der Waals surface area contributed by atoms with Crippen molar-refractivity contribution in [2.24, 2.45) is 0 Å². The van der Waals surface area contributed by atoms with Crippen LogP contribution in [0, 0.1) is 0 Å². The van der Waals surface area contributed by atoms with Crippen LogP contribution in [-0.4, -0.2) is 31.0 Å². The largest absolute Gasteiger partial charge is 0.466 e. The zero-order chi connectivity index (χ0) is 13.1. The molecule has 16 heavy (non-hydrogen) atoms. The highest BCUT2D eigenvalue weighted by Gasteiger charge is 2.66. The smallest absolute Gasteiger partial charge is 0.435 e. The Morgan fingerprint density at radius 2 is 1.75 bits per heavy atom. The van der Waals surface area contributed by atoms with E-state index in [1.807, 2.05) is 0 Å². The molecule has 0 aliphatic rings. The van der Waals surface area contributed by atoms with Gasteiger partial charge in [-0.2, -0.15) is 13.2 Å². The number of ether oxygens (including phenoxy) is 2. The van der Waals surface area contributed by atoms with E-state index in [1.54, 1.807) is 0 Å². The maximum Gasteiger partial charge on any atom is 0.435 e. The highest BCUT2D eigenvalue weighted by atomic mass is 19.4. The third kappa shape index (κ3) is 2.52. The molecule has 0 rings (SSSR count). The molecule has 0 aliphatic carbocycles. The quantitative estimate of drug-likeness (QED) is 0.562. The van der Waals surface area contributed by atoms with E-state index in [0.717, 1.165) is 0 Å². The Morgan fingerprint density at radius 1 is 1.31 bits per heavy atom. The maximum atomic E-state index is 13.0. The maximum absolute atomic E-state index is 13.0. The van der Waals surface area contributed by atoms with Crippen LogP contribution in [0.1, 0.15) is 13.8 Å². The summed E-state index contributed by atoms with van der Waals surface area (Å²) in [6, 6.07) is 0. The zero-order valence-electron chi connectivity index (χ0n) is 9.02. The van der Waals surface area contributed by atoms with Crippen molar-refractivity contribution in [3.63, 3.8) is 0 Å². The summed E-state index contributed by atoms with van der Waals surface area (Å²) >= 11 is 0. The first-order valence-electron chi connectivity index (χ1n) is 4.27. The summed E-state index contributed by atoms with van der Waals surface area (Å²) < 4.78 is 59.3. The Morgan fingerprint density at radius 3 is 1.94 bits per heavy atom. The molecule has 94 valence electrons. The number of hydrogen-bond acceptors (Lipinski definition) is 3. The van der Waals surface area contributed by atoms with Gasteiger partial charge in [0.2, 0.25) is 0 Å². The van der Waals surface area contributed by atoms with Gasteiger partial charge in [-0.05, 0) is 13.8 Å². The van der Waals surface area contributed by atoms with Crippen LogP contribution >= 0.6 is 0 Å². The fraction of sp³-hybridized carbons (Fsp3) is 0.667. The second kappa shape index (κ2) is 4.82. The molecule has 0 N–H and O–H groups in total. The minimum Gasteiger partial charge on any atom is -0.466 e. The first-order chi connectivity index (χ1) is 7.09. The molecule has 0 aromatic carbocycles. The first-order valence-corrected chi connectivity index (χ1v) is 4.27. The van der Waals surface area contributed by atoms with Gasteiger partial charge < -0.3 is 9.47 Å². The third-order valence-electron chi connectivity index (χ3n) is 1.67. The van der Waals surface area contributed by atoms with Crippen molar-refractivity contribution in [1.29, 1.82) is 0 Å². The summed E-state index contributed by atoms with van der Waals surface area (Å²) in [6.07, 6.45) is -6.32. The van der Waals surface area contributed by atoms with Crippen molar-refractivity contribution >= 4 is 5.97 Å². The predicted molar refractivity (Wildman–Crippen MR) is 47.3 cm³/mol. The summed E-state index contributed by atoms with van der Waals surface area (Å²) in [5.74, 6) is -3.85. The number of carbonyl (C=O) groups excluding carboxylic acids is 1. The van der Waals surface area contributed by atoms with Crippen LogP contribution < -0.4 is 0 Å². The van der Waals surface area contributed by atoms with Crippen molar-refractivity contribution in [2.45, 2.75) is 31.7 Å². The predicted octanol–water partition coefficient (Wildman–Crippen LogP) is 2.37. The number of hydrogen-bond donors (Lipinski definition) is 0. The zero-order valence-corrected chi connectivity index (χ0v) is 9.02. The fourth-order valence-corrected chi connectivity index (χ4v) is 1.06. The van der Waals surface area contributed by atoms with Crippen molar-refractivity contribution in [2.75, 3.05) is 7.11 Å². The molecule has 0 bridgehead atoms. The van der Waals surface area contributed by atoms with Gasteiger partial charge in [0.25, 0.3) is 0 Å². The Hall–Kier alpha value is -1.11. The Balaban J connectivity index is 5.59. The van der Waals surface area contributed by atoms with Crippen molar-refractivity contribution in [3.8, 4) is 0 Å². The average molecular weight is 244 g/mol. The summed E-state index contributed by atoms with van der Waals surface area (Å²) in [4.78, 5) is 11.1. The van der Waals surface area contributed by atoms with Crippen LogP contribution in [-0.2, 0) is 14.3 Å². The van der Waals surface area contributed by atoms with Gasteiger partial charge >= 0.3 is 17.7 Å². The van der Waals surface area contributed by atoms with Gasteiger partial charge in [0.15, 0.2) is 0 Å². The first kappa shape index (κ1) is 14.9. The normalized spacial score (nSPS) is 15.8. The second-order valence-corrected chi connectivity index (χ2v) is 3.24. The lowest BCUT2D eigenvalue weighted by atomic mass is 10.0. The molecule has 0 aromatic heterocycles. The van der Waals surface area contributed by atoms with Crippen LogP contribution in [0.25, 0.3) is 0 Å². The molecule has 0 spiro atoms. The van der Waals surface area contributed by atoms with Crippen LogP contribution in [0.4, 0.5) is 17.6 Å². The molecule has 3 nitrogen and oxygen atoms in total. The van der Waals surface area contributed by atoms with Gasteiger partial charge in [-0.15, -0.1) is 0 Å². The molecule has 0 saturated heterocycles. The fourth-order valence-electron chi connectivity index (χ4n) is 1.06. The molecular formula is C9H12F4O3. The summed E-state index contributed by atoms with van der Waals surface area (Å²) in [7, 11) is 0.704. The number of carbonyl (C=O) groups is 1. The van der Waals surface area contributed by atoms with Crippen LogP contribution in [0.2, 0.25) is 0 Å². The van der Waals surface area contributed by atoms with Crippen molar-refractivity contribution in [3.05, 3.63) is 12.4 Å². The van der Waals surface area contributed by atoms with Crippen LogP contribution in [0.15, 0.2) is 12.4 Å². The van der Waals surface area contributed by atoms with Crippen molar-refractivity contribution in [1.82, 2.24) is 0 Å². The van der Waals surface area contributed by atoms with Crippen LogP contribution in [0.5, 0.6) is 0 Å². The average Bonchev–Trinajstić information content (AvgIpc) is 2.09. The van der Waals surface area contributed by atoms with Gasteiger partial charge in [0.05, 0.1) is 13.2 Å². The van der Waals surface area contributed by atoms with E-state index in [9.17, 15) is 22.4 Å². The van der Waals surface area contributed by atoms with E-state index in [1.165, 1.54) is 13.8 Å². The summed E-state index contributed by atoms with van der Waals surface area (Å²) in [6.45, 7) is 4.96. The van der Waals surface area contributed by atoms with E-state index in [-0.39, 0.29) is 0 Å². The van der Waals surface area contributed by atoms with Gasteiger partial charge in [0.1, 0.15) is 5.83 Å². The number of halogens is 4. The lowest BCUT2D eigenvalue weighted by molar-refractivity contribution is -0.275. The molecule has 0 amide bonds. The molecule has 1 atom stereocenters. The number of methoxy groups -OCH3 is 1. The lowest BCUT2D eigenvalue weighted by Crippen LogP contribution is -2.56. The van der Waals surface area contributed by atoms with Gasteiger partial charge in [-0.1, -0.05) is 6.58 Å². The molecule has 0 radical (unpaired) electrons. The highest BCUT2D eigenvalue weighted by Crippen LogP contribution is 2.41. The van der Waals surface area contributed by atoms with E-state index in [4.69, 9.17) is 0 Å². The summed E-state index contributed by atoms with van der Waals surface area (Å²) in [5, 5.41) is 0. The molecular weight excluding hydrogens is 232 g/mol. The van der Waals surface area contributed by atoms with Gasteiger partial charge in [0, 0.05) is 0 Å². The number of alkyl halides is 3. The number of rotatable bonds is 4. The van der Waals surface area contributed by atoms with E-state index >= 15 is 0 Å². The summed E-state index contributed by atoms with van der Waals surface area (Å²) in [5.41, 5.74) is -3.75. The van der Waals surface area contributed by atoms with Gasteiger partial charge in [-0.3, -0.25) is 0 Å². The van der Waals surface area contributed by atoms with E-state index in [2.05, 4.69) is 16.1 Å². The topological polar surface area (TPSA) is 35.5 Å². The molecule has 0 saturated carbocycles. The van der Waals surface area contributed by atoms with E-state index < -0.39 is 29.7 Å². The minimum atomic E-state index is -5.28. The molecule has 0 aromatic rings. The van der Waals surface area contributed by atoms with Crippen molar-refractivity contribution < 1.29 is 31.8 Å². The third-order valence-corrected chi connectivity index (χ3v) is 1.67. The minimum absolute atomic E-state index is 0.704. The molecule has 7 heteroatoms. The lowest BCUT2D eigenvalue weighted by Gasteiger charge is -2.32. The molecule has 1 unspecified atom stereocenters. The highest BCUT2D eigenvalue weighted by molar-refractivity contribution is 5.84. The van der Waals surface area contributed by atoms with Crippen LogP contribution in [0.3, 0.4) is 0 Å². The Bertz CT molecular complexity index is 285. The Labute approximate surface area is 90.0 Å². The monoisotopic (exact) mass is 244 g/mol. The molecule has 0 fully saturated rings. The van der Waals surface area contributed by atoms with E-state index in [0.29, 0.717) is 7.11 Å². The molecule has 0 aliphatic heterocycles. The molecule has 0 heterocycles. The standard InChI is InChI=1S/C9H12F4O3/c1-5(2)16-8(6(3)10,7(14)15-4)9(11,12)13/h5H,3H2,1-2,4H3. The number of esters is 1. The SMILES string of the molecule is C=C(F)C(OC(C)C)(C(=O)OC)C(F)(F)F.